The average Bonchev–Trinajstić information content (AvgIpc) is 3.42. The molecule has 0 saturated heterocycles. The van der Waals surface area contributed by atoms with E-state index >= 15 is 0 Å². The molecule has 0 aromatic rings. The van der Waals surface area contributed by atoms with E-state index in [1.165, 1.54) is 250 Å². The number of unbranched alkanes of at least 4 members (excludes halogenated alkanes) is 42. The molecule has 5 nitrogen and oxygen atoms in total. The van der Waals surface area contributed by atoms with Crippen molar-refractivity contribution >= 4 is 11.9 Å². The number of ether oxygens (including phenoxy) is 2. The Morgan fingerprint density at radius 3 is 0.855 bits per heavy atom. The number of carbonyl (C=O) groups excluding carboxylic acids is 2. The molecule has 0 radical (unpaired) electrons. The van der Waals surface area contributed by atoms with Crippen molar-refractivity contribution in [3.8, 4) is 0 Å². The molecule has 1 atom stereocenters. The Morgan fingerprint density at radius 1 is 0.316 bits per heavy atom. The fourth-order valence-corrected chi connectivity index (χ4v) is 9.99. The van der Waals surface area contributed by atoms with Crippen LogP contribution in [0.25, 0.3) is 0 Å². The van der Waals surface area contributed by atoms with E-state index in [9.17, 15) is 14.7 Å². The van der Waals surface area contributed by atoms with Crippen LogP contribution in [0.1, 0.15) is 348 Å². The number of aliphatic hydroxyl groups is 1. The summed E-state index contributed by atoms with van der Waals surface area (Å²) in [4.78, 5) is 24.6. The molecule has 0 aromatic carbocycles. The molecule has 0 aliphatic heterocycles. The van der Waals surface area contributed by atoms with Gasteiger partial charge < -0.3 is 14.6 Å². The molecule has 0 amide bonds. The van der Waals surface area contributed by atoms with Crippen LogP contribution in [-0.2, 0) is 19.1 Å². The Morgan fingerprint density at radius 2 is 0.566 bits per heavy atom. The summed E-state index contributed by atoms with van der Waals surface area (Å²) in [6.07, 6.45) is 92.2. The van der Waals surface area contributed by atoms with E-state index in [-0.39, 0.29) is 25.2 Å². The van der Waals surface area contributed by atoms with E-state index in [1.807, 2.05) is 0 Å². The highest BCUT2D eigenvalue weighted by atomic mass is 16.6. The number of allylic oxidation sites excluding steroid dienone is 12. The van der Waals surface area contributed by atoms with Crippen molar-refractivity contribution in [2.75, 3.05) is 13.2 Å². The molecule has 0 aliphatic carbocycles. The van der Waals surface area contributed by atoms with E-state index in [0.717, 1.165) is 70.6 Å². The van der Waals surface area contributed by atoms with Gasteiger partial charge >= 0.3 is 11.9 Å². The number of hydrogen-bond donors (Lipinski definition) is 1. The summed E-state index contributed by atoms with van der Waals surface area (Å²) >= 11 is 0. The molecule has 1 unspecified atom stereocenters. The number of hydrogen-bond acceptors (Lipinski definition) is 5. The maximum absolute atomic E-state index is 12.3. The van der Waals surface area contributed by atoms with Gasteiger partial charge in [0.15, 0.2) is 6.10 Å². The van der Waals surface area contributed by atoms with Crippen molar-refractivity contribution in [2.24, 2.45) is 0 Å². The van der Waals surface area contributed by atoms with Crippen LogP contribution in [-0.4, -0.2) is 36.4 Å². The van der Waals surface area contributed by atoms with Gasteiger partial charge in [-0.05, 0) is 83.5 Å². The van der Waals surface area contributed by atoms with Crippen LogP contribution in [0, 0.1) is 0 Å². The second-order valence-corrected chi connectivity index (χ2v) is 22.5. The number of carbonyl (C=O) groups is 2. The molecule has 0 saturated carbocycles. The first-order valence-electron chi connectivity index (χ1n) is 33.5. The van der Waals surface area contributed by atoms with Crippen LogP contribution in [0.5, 0.6) is 0 Å². The van der Waals surface area contributed by atoms with Crippen LogP contribution < -0.4 is 0 Å². The van der Waals surface area contributed by atoms with Gasteiger partial charge in [0.2, 0.25) is 0 Å². The van der Waals surface area contributed by atoms with E-state index < -0.39 is 6.10 Å². The minimum absolute atomic E-state index is 0.0659. The zero-order chi connectivity index (χ0) is 54.8. The van der Waals surface area contributed by atoms with Crippen LogP contribution in [0.4, 0.5) is 0 Å². The molecule has 0 heterocycles. The van der Waals surface area contributed by atoms with Gasteiger partial charge in [0.25, 0.3) is 0 Å². The van der Waals surface area contributed by atoms with Crippen LogP contribution in [0.2, 0.25) is 0 Å². The molecular formula is C71H128O5. The summed E-state index contributed by atoms with van der Waals surface area (Å²) in [7, 11) is 0. The van der Waals surface area contributed by atoms with E-state index in [2.05, 4.69) is 86.8 Å². The average molecular weight is 1060 g/mol. The van der Waals surface area contributed by atoms with Gasteiger partial charge in [-0.1, -0.05) is 324 Å². The van der Waals surface area contributed by atoms with Crippen molar-refractivity contribution in [1.29, 1.82) is 0 Å². The third kappa shape index (κ3) is 63.9. The summed E-state index contributed by atoms with van der Waals surface area (Å²) in [6, 6.07) is 0. The first-order valence-corrected chi connectivity index (χ1v) is 33.5. The van der Waals surface area contributed by atoms with E-state index in [1.54, 1.807) is 0 Å². The number of rotatable bonds is 62. The van der Waals surface area contributed by atoms with Crippen molar-refractivity contribution in [1.82, 2.24) is 0 Å². The summed E-state index contributed by atoms with van der Waals surface area (Å²) in [5, 5.41) is 9.68. The molecule has 0 spiro atoms. The molecular weight excluding hydrogens is 933 g/mol. The Kier molecular flexibility index (Phi) is 64.3. The smallest absolute Gasteiger partial charge is 0.306 e. The predicted octanol–water partition coefficient (Wildman–Crippen LogP) is 23.1. The SMILES string of the molecule is CC/C=C\C/C=C\C/C=C\C/C=C\CCCCCCCCCCCCC(=O)OC(CO)COC(=O)CCCCCCCCCCCCCCCCCCCCCCCCCCCCC/C=C\C/C=C\CCCCCCC. The Labute approximate surface area is 473 Å². The third-order valence-electron chi connectivity index (χ3n) is 15.0. The highest BCUT2D eigenvalue weighted by molar-refractivity contribution is 5.70. The topological polar surface area (TPSA) is 72.8 Å². The first kappa shape index (κ1) is 73.3. The van der Waals surface area contributed by atoms with Gasteiger partial charge in [-0.3, -0.25) is 9.59 Å². The highest BCUT2D eigenvalue weighted by Gasteiger charge is 2.16. The normalized spacial score (nSPS) is 12.6. The van der Waals surface area contributed by atoms with E-state index in [0.29, 0.717) is 12.8 Å². The maximum Gasteiger partial charge on any atom is 0.306 e. The summed E-state index contributed by atoms with van der Waals surface area (Å²) < 4.78 is 10.7. The summed E-state index contributed by atoms with van der Waals surface area (Å²) in [6.45, 7) is 4.05. The molecule has 0 fully saturated rings. The quantitative estimate of drug-likeness (QED) is 0.0373. The minimum atomic E-state index is -0.777. The predicted molar refractivity (Wildman–Crippen MR) is 334 cm³/mol. The summed E-state index contributed by atoms with van der Waals surface area (Å²) in [5.74, 6) is -0.582. The van der Waals surface area contributed by atoms with Gasteiger partial charge in [-0.2, -0.15) is 0 Å². The minimum Gasteiger partial charge on any atom is -0.462 e. The van der Waals surface area contributed by atoms with Gasteiger partial charge in [-0.15, -0.1) is 0 Å². The second-order valence-electron chi connectivity index (χ2n) is 22.5. The number of esters is 2. The lowest BCUT2D eigenvalue weighted by Crippen LogP contribution is -2.28. The lowest BCUT2D eigenvalue weighted by atomic mass is 10.0. The first-order chi connectivity index (χ1) is 37.6. The van der Waals surface area contributed by atoms with Gasteiger partial charge in [0.05, 0.1) is 6.61 Å². The Balaban J connectivity index is 3.40. The van der Waals surface area contributed by atoms with Crippen LogP contribution in [0.15, 0.2) is 72.9 Å². The highest BCUT2D eigenvalue weighted by Crippen LogP contribution is 2.18. The third-order valence-corrected chi connectivity index (χ3v) is 15.0. The van der Waals surface area contributed by atoms with Crippen molar-refractivity contribution in [3.05, 3.63) is 72.9 Å². The van der Waals surface area contributed by atoms with Crippen LogP contribution in [0.3, 0.4) is 0 Å². The fourth-order valence-electron chi connectivity index (χ4n) is 9.99. The number of aliphatic hydroxyl groups excluding tert-OH is 1. The molecule has 0 rings (SSSR count). The molecule has 442 valence electrons. The molecule has 5 heteroatoms. The van der Waals surface area contributed by atoms with Gasteiger partial charge in [-0.25, -0.2) is 0 Å². The van der Waals surface area contributed by atoms with Gasteiger partial charge in [0, 0.05) is 12.8 Å². The summed E-state index contributed by atoms with van der Waals surface area (Å²) in [5.41, 5.74) is 0. The zero-order valence-electron chi connectivity index (χ0n) is 50.8. The molecule has 76 heavy (non-hydrogen) atoms. The van der Waals surface area contributed by atoms with Crippen molar-refractivity contribution in [2.45, 2.75) is 354 Å². The maximum atomic E-state index is 12.3. The standard InChI is InChI=1S/C71H128O5/c1-3-5-7-9-11-13-15-17-19-21-23-25-27-28-29-30-31-32-33-34-35-36-37-38-39-40-41-42-44-45-47-49-51-53-55-57-59-61-63-65-70(73)75-68-69(67-72)76-71(74)66-64-62-60-58-56-54-52-50-48-46-43-26-24-22-20-18-16-14-12-10-8-6-4-2/h6,8,12,14-15,17-18,20-21,23-24,26,69,72H,3-5,7,9-11,13,16,19,22,25,27-68H2,1-2H3/b8-6-,14-12-,17-15-,20-18-,23-21-,26-24-. The molecule has 1 N–H and O–H groups in total. The van der Waals surface area contributed by atoms with Crippen molar-refractivity contribution in [3.63, 3.8) is 0 Å². The Hall–Kier alpha value is -2.66. The monoisotopic (exact) mass is 1060 g/mol. The lowest BCUT2D eigenvalue weighted by molar-refractivity contribution is -0.161. The van der Waals surface area contributed by atoms with Crippen molar-refractivity contribution < 1.29 is 24.2 Å². The lowest BCUT2D eigenvalue weighted by Gasteiger charge is -2.15. The molecule has 0 aliphatic rings. The van der Waals surface area contributed by atoms with Crippen LogP contribution >= 0.6 is 0 Å². The molecule has 0 aromatic heterocycles. The fraction of sp³-hybridized carbons (Fsp3) is 0.803. The molecule has 0 bridgehead atoms. The second kappa shape index (κ2) is 66.6. The largest absolute Gasteiger partial charge is 0.462 e. The van der Waals surface area contributed by atoms with E-state index in [4.69, 9.17) is 9.47 Å². The zero-order valence-corrected chi connectivity index (χ0v) is 50.8. The Bertz CT molecular complexity index is 1340. The van der Waals surface area contributed by atoms with Gasteiger partial charge in [0.1, 0.15) is 6.61 Å².